The van der Waals surface area contributed by atoms with Crippen LogP contribution < -0.4 is 10.6 Å². The van der Waals surface area contributed by atoms with Gasteiger partial charge in [-0.1, -0.05) is 0 Å². The van der Waals surface area contributed by atoms with Crippen molar-refractivity contribution in [1.29, 1.82) is 0 Å². The van der Waals surface area contributed by atoms with Crippen LogP contribution in [0.25, 0.3) is 0 Å². The molecule has 0 aromatic heterocycles. The maximum Gasteiger partial charge on any atom is 0.219 e. The van der Waals surface area contributed by atoms with Crippen LogP contribution in [0.4, 0.5) is 0 Å². The number of carbonyl (C=O) groups is 1. The first-order chi connectivity index (χ1) is 7.24. The Kier molecular flexibility index (Phi) is 5.65. The van der Waals surface area contributed by atoms with Crippen molar-refractivity contribution in [2.24, 2.45) is 0 Å². The largest absolute Gasteiger partial charge is 0.359 e. The molecule has 0 aromatic carbocycles. The lowest BCUT2D eigenvalue weighted by Crippen LogP contribution is -2.44. The topological polar surface area (TPSA) is 44.4 Å². The molecule has 1 aliphatic rings. The third-order valence-corrected chi connectivity index (χ3v) is 3.09. The van der Waals surface area contributed by atoms with Crippen LogP contribution in [0.1, 0.15) is 25.7 Å². The first kappa shape index (κ1) is 12.5. The summed E-state index contributed by atoms with van der Waals surface area (Å²) in [4.78, 5) is 13.4. The smallest absolute Gasteiger partial charge is 0.219 e. The highest BCUT2D eigenvalue weighted by Gasteiger charge is 2.16. The SMILES string of the molecule is CNC(=O)CCCN(C)C1CCCNC1. The zero-order valence-electron chi connectivity index (χ0n) is 9.88. The fraction of sp³-hybridized carbons (Fsp3) is 0.909. The molecular weight excluding hydrogens is 190 g/mol. The summed E-state index contributed by atoms with van der Waals surface area (Å²) in [6, 6.07) is 0.656. The van der Waals surface area contributed by atoms with Gasteiger partial charge in [0.2, 0.25) is 5.91 Å². The molecule has 0 bridgehead atoms. The van der Waals surface area contributed by atoms with Crippen molar-refractivity contribution in [2.75, 3.05) is 33.7 Å². The number of hydrogen-bond acceptors (Lipinski definition) is 3. The second kappa shape index (κ2) is 6.80. The minimum Gasteiger partial charge on any atom is -0.359 e. The molecule has 4 nitrogen and oxygen atoms in total. The predicted octanol–water partition coefficient (Wildman–Crippen LogP) is 0.196. The highest BCUT2D eigenvalue weighted by Crippen LogP contribution is 2.09. The Balaban J connectivity index is 2.11. The minimum atomic E-state index is 0.144. The highest BCUT2D eigenvalue weighted by atomic mass is 16.1. The number of rotatable bonds is 5. The fourth-order valence-corrected chi connectivity index (χ4v) is 2.01. The van der Waals surface area contributed by atoms with E-state index in [4.69, 9.17) is 0 Å². The van der Waals surface area contributed by atoms with Crippen molar-refractivity contribution in [3.05, 3.63) is 0 Å². The van der Waals surface area contributed by atoms with Crippen LogP contribution >= 0.6 is 0 Å². The van der Waals surface area contributed by atoms with E-state index in [1.54, 1.807) is 7.05 Å². The Morgan fingerprint density at radius 2 is 2.40 bits per heavy atom. The minimum absolute atomic E-state index is 0.144. The summed E-state index contributed by atoms with van der Waals surface area (Å²) in [6.07, 6.45) is 4.14. The first-order valence-electron chi connectivity index (χ1n) is 5.85. The van der Waals surface area contributed by atoms with Crippen LogP contribution in [0.3, 0.4) is 0 Å². The third kappa shape index (κ3) is 4.62. The van der Waals surface area contributed by atoms with Gasteiger partial charge in [-0.2, -0.15) is 0 Å². The molecule has 0 radical (unpaired) electrons. The molecule has 1 rings (SSSR count). The lowest BCUT2D eigenvalue weighted by Gasteiger charge is -2.31. The zero-order valence-corrected chi connectivity index (χ0v) is 9.88. The molecule has 0 aromatic rings. The standard InChI is InChI=1S/C11H23N3O/c1-12-11(15)6-4-8-14(2)10-5-3-7-13-9-10/h10,13H,3-9H2,1-2H3,(H,12,15). The Hall–Kier alpha value is -0.610. The van der Waals surface area contributed by atoms with Crippen LogP contribution in [0.2, 0.25) is 0 Å². The van der Waals surface area contributed by atoms with Crippen molar-refractivity contribution in [3.8, 4) is 0 Å². The van der Waals surface area contributed by atoms with Crippen molar-refractivity contribution >= 4 is 5.91 Å². The molecular formula is C11H23N3O. The number of piperidine rings is 1. The third-order valence-electron chi connectivity index (χ3n) is 3.09. The molecule has 0 spiro atoms. The molecule has 15 heavy (non-hydrogen) atoms. The second-order valence-electron chi connectivity index (χ2n) is 4.26. The number of nitrogens with one attached hydrogen (secondary N) is 2. The fourth-order valence-electron chi connectivity index (χ4n) is 2.01. The van der Waals surface area contributed by atoms with Crippen LogP contribution in [0.15, 0.2) is 0 Å². The average Bonchev–Trinajstić information content (AvgIpc) is 2.29. The van der Waals surface area contributed by atoms with Gasteiger partial charge in [-0.05, 0) is 39.4 Å². The predicted molar refractivity (Wildman–Crippen MR) is 61.8 cm³/mol. The Morgan fingerprint density at radius 1 is 1.60 bits per heavy atom. The molecule has 88 valence electrons. The van der Waals surface area contributed by atoms with Crippen molar-refractivity contribution in [1.82, 2.24) is 15.5 Å². The Labute approximate surface area is 92.4 Å². The number of nitrogens with zero attached hydrogens (tertiary/aromatic N) is 1. The molecule has 4 heteroatoms. The summed E-state index contributed by atoms with van der Waals surface area (Å²) in [6.45, 7) is 3.26. The second-order valence-corrected chi connectivity index (χ2v) is 4.26. The van der Waals surface area contributed by atoms with E-state index in [1.807, 2.05) is 0 Å². The zero-order chi connectivity index (χ0) is 11.1. The van der Waals surface area contributed by atoms with Crippen LogP contribution in [0.5, 0.6) is 0 Å². The molecule has 1 aliphatic heterocycles. The van der Waals surface area contributed by atoms with Gasteiger partial charge in [0.05, 0.1) is 0 Å². The van der Waals surface area contributed by atoms with Crippen molar-refractivity contribution in [2.45, 2.75) is 31.7 Å². The van der Waals surface area contributed by atoms with Crippen LogP contribution in [0, 0.1) is 0 Å². The van der Waals surface area contributed by atoms with E-state index >= 15 is 0 Å². The van der Waals surface area contributed by atoms with E-state index in [0.29, 0.717) is 12.5 Å². The molecule has 1 atom stereocenters. The first-order valence-corrected chi connectivity index (χ1v) is 5.85. The van der Waals surface area contributed by atoms with Gasteiger partial charge < -0.3 is 15.5 Å². The average molecular weight is 213 g/mol. The summed E-state index contributed by atoms with van der Waals surface area (Å²) in [5.41, 5.74) is 0. The van der Waals surface area contributed by atoms with Gasteiger partial charge in [-0.15, -0.1) is 0 Å². The lowest BCUT2D eigenvalue weighted by atomic mass is 10.1. The summed E-state index contributed by atoms with van der Waals surface area (Å²) in [5, 5.41) is 6.05. The lowest BCUT2D eigenvalue weighted by molar-refractivity contribution is -0.120. The Bertz CT molecular complexity index is 190. The summed E-state index contributed by atoms with van der Waals surface area (Å²) in [7, 11) is 3.85. The number of amides is 1. The molecule has 1 heterocycles. The van der Waals surface area contributed by atoms with Gasteiger partial charge >= 0.3 is 0 Å². The number of hydrogen-bond donors (Lipinski definition) is 2. The monoisotopic (exact) mass is 213 g/mol. The maximum atomic E-state index is 11.0. The van der Waals surface area contributed by atoms with Gasteiger partial charge in [0.15, 0.2) is 0 Å². The molecule has 1 amide bonds. The van der Waals surface area contributed by atoms with Crippen LogP contribution in [-0.2, 0) is 4.79 Å². The van der Waals surface area contributed by atoms with E-state index in [1.165, 1.54) is 12.8 Å². The quantitative estimate of drug-likeness (QED) is 0.685. The van der Waals surface area contributed by atoms with Gasteiger partial charge in [-0.3, -0.25) is 4.79 Å². The van der Waals surface area contributed by atoms with Gasteiger partial charge in [0.25, 0.3) is 0 Å². The normalized spacial score (nSPS) is 21.7. The summed E-state index contributed by atoms with van der Waals surface area (Å²) < 4.78 is 0. The molecule has 1 saturated heterocycles. The molecule has 2 N–H and O–H groups in total. The van der Waals surface area contributed by atoms with Gasteiger partial charge in [0.1, 0.15) is 0 Å². The van der Waals surface area contributed by atoms with Crippen molar-refractivity contribution in [3.63, 3.8) is 0 Å². The van der Waals surface area contributed by atoms with E-state index in [2.05, 4.69) is 22.6 Å². The number of carbonyl (C=O) groups excluding carboxylic acids is 1. The van der Waals surface area contributed by atoms with Gasteiger partial charge in [-0.25, -0.2) is 0 Å². The van der Waals surface area contributed by atoms with E-state index < -0.39 is 0 Å². The number of likely N-dealkylation sites (N-methyl/N-ethyl adjacent to an activating group) is 1. The molecule has 1 unspecified atom stereocenters. The van der Waals surface area contributed by atoms with Crippen molar-refractivity contribution < 1.29 is 4.79 Å². The highest BCUT2D eigenvalue weighted by molar-refractivity contribution is 5.75. The Morgan fingerprint density at radius 3 is 3.00 bits per heavy atom. The summed E-state index contributed by atoms with van der Waals surface area (Å²) in [5.74, 6) is 0.144. The molecule has 0 saturated carbocycles. The summed E-state index contributed by atoms with van der Waals surface area (Å²) >= 11 is 0. The molecule has 0 aliphatic carbocycles. The maximum absolute atomic E-state index is 11.0. The molecule has 1 fully saturated rings. The van der Waals surface area contributed by atoms with Gasteiger partial charge in [0, 0.05) is 26.1 Å². The van der Waals surface area contributed by atoms with E-state index in [-0.39, 0.29) is 5.91 Å². The van der Waals surface area contributed by atoms with Crippen LogP contribution in [-0.4, -0.2) is 50.6 Å². The van der Waals surface area contributed by atoms with E-state index in [0.717, 1.165) is 26.1 Å². The van der Waals surface area contributed by atoms with E-state index in [9.17, 15) is 4.79 Å².